The summed E-state index contributed by atoms with van der Waals surface area (Å²) in [7, 11) is 0. The number of para-hydroxylation sites is 5. The third-order valence-corrected chi connectivity index (χ3v) is 16.5. The molecule has 12 aromatic rings. The van der Waals surface area contributed by atoms with Crippen LogP contribution < -0.4 is 35.8 Å². The van der Waals surface area contributed by atoms with E-state index in [4.69, 9.17) is 13.0 Å². The molecule has 0 saturated heterocycles. The quantitative estimate of drug-likeness (QED) is 0.142. The van der Waals surface area contributed by atoms with E-state index in [1.54, 1.807) is 12.1 Å². The van der Waals surface area contributed by atoms with Gasteiger partial charge < -0.3 is 24.0 Å². The molecule has 0 N–H and O–H groups in total. The first-order valence-corrected chi connectivity index (χ1v) is 27.2. The molecule has 0 amide bonds. The molecule has 0 bridgehead atoms. The number of aryl methyl sites for hydroxylation is 1. The molecule has 0 atom stereocenters. The van der Waals surface area contributed by atoms with E-state index < -0.39 is 60.4 Å². The van der Waals surface area contributed by atoms with E-state index in [2.05, 4.69) is 177 Å². The van der Waals surface area contributed by atoms with E-state index in [-0.39, 0.29) is 34.6 Å². The van der Waals surface area contributed by atoms with Gasteiger partial charge in [0.25, 0.3) is 6.71 Å². The summed E-state index contributed by atoms with van der Waals surface area (Å²) in [5.41, 5.74) is 17.6. The maximum atomic E-state index is 9.19. The number of aromatic nitrogens is 1. The van der Waals surface area contributed by atoms with Gasteiger partial charge in [-0.05, 0) is 183 Å². The van der Waals surface area contributed by atoms with Crippen molar-refractivity contribution in [1.29, 1.82) is 0 Å². The second-order valence-electron chi connectivity index (χ2n) is 22.7. The van der Waals surface area contributed by atoms with Gasteiger partial charge in [-0.15, -0.1) is 0 Å². The molecule has 6 heteroatoms. The van der Waals surface area contributed by atoms with Crippen LogP contribution in [0.15, 0.2) is 248 Å². The van der Waals surface area contributed by atoms with Crippen molar-refractivity contribution in [2.24, 2.45) is 0 Å². The van der Waals surface area contributed by atoms with Crippen LogP contribution in [-0.4, -0.2) is 11.3 Å². The van der Waals surface area contributed by atoms with Crippen LogP contribution in [0.3, 0.4) is 0 Å². The minimum atomic E-state index is -0.635. The Morgan fingerprint density at radius 3 is 1.81 bits per heavy atom. The largest absolute Gasteiger partial charge is 0.458 e. The topological polar surface area (TPSA) is 23.9 Å². The first kappa shape index (κ1) is 38.1. The van der Waals surface area contributed by atoms with Gasteiger partial charge in [0.1, 0.15) is 11.5 Å². The normalized spacial score (nSPS) is 15.3. The van der Waals surface area contributed by atoms with Crippen LogP contribution in [0, 0.1) is 6.92 Å². The summed E-state index contributed by atoms with van der Waals surface area (Å²) >= 11 is 0. The van der Waals surface area contributed by atoms with Crippen LogP contribution in [0.25, 0.3) is 38.6 Å². The average Bonchev–Trinajstić information content (AvgIpc) is 1.09. The molecule has 0 radical (unpaired) electrons. The van der Waals surface area contributed by atoms with Crippen molar-refractivity contribution in [3.05, 3.63) is 271 Å². The number of hydrogen-bond acceptors (Lipinski definition) is 4. The molecule has 1 aromatic heterocycles. The standard InChI is InChI=1S/C74H59BN4O/c1-48-40-69-72-71(41-48)80-70-46-61-58-37-35-56(76(50-22-11-7-12-23-50)51-24-13-8-14-25-51)44-62(58)74(5,6)63(61)47-65(70)75(72)64-39-34-49(73(2,3)4)42-68(64)79(69)55-31-21-30-54(43-55)78-66-33-20-19-32-59(66)60-38-36-57(45-67(60)78)77(52-26-15-9-16-27-52)53-28-17-10-18-29-53/h7-47H,1-6H3/i9D,10D,15D,16D,17D,18D,26D,27D,28D,29D. The molecule has 0 unspecified atom stereocenters. The summed E-state index contributed by atoms with van der Waals surface area (Å²) in [6.07, 6.45) is 0. The monoisotopic (exact) mass is 1040 g/mol. The van der Waals surface area contributed by atoms with Crippen molar-refractivity contribution < 1.29 is 18.4 Å². The summed E-state index contributed by atoms with van der Waals surface area (Å²) in [4.78, 5) is 5.90. The van der Waals surface area contributed by atoms with Gasteiger partial charge in [-0.3, -0.25) is 0 Å². The van der Waals surface area contributed by atoms with Crippen molar-refractivity contribution in [2.75, 3.05) is 14.7 Å². The molecule has 0 saturated carbocycles. The lowest BCUT2D eigenvalue weighted by Crippen LogP contribution is -2.59. The third-order valence-electron chi connectivity index (χ3n) is 16.5. The fraction of sp³-hybridized carbons (Fsp3) is 0.108. The van der Waals surface area contributed by atoms with Crippen molar-refractivity contribution >= 4 is 96.1 Å². The van der Waals surface area contributed by atoms with E-state index in [1.165, 1.54) is 27.2 Å². The van der Waals surface area contributed by atoms with Gasteiger partial charge in [0.05, 0.1) is 24.7 Å². The molecule has 2 aliphatic heterocycles. The predicted molar refractivity (Wildman–Crippen MR) is 337 cm³/mol. The lowest BCUT2D eigenvalue weighted by Gasteiger charge is -2.41. The number of anilines is 9. The van der Waals surface area contributed by atoms with Gasteiger partial charge >= 0.3 is 0 Å². The number of benzene rings is 11. The van der Waals surface area contributed by atoms with Crippen molar-refractivity contribution in [3.63, 3.8) is 0 Å². The lowest BCUT2D eigenvalue weighted by atomic mass is 9.34. The van der Waals surface area contributed by atoms with Crippen molar-refractivity contribution in [2.45, 2.75) is 52.4 Å². The Balaban J connectivity index is 0.899. The van der Waals surface area contributed by atoms with Crippen LogP contribution in [0.5, 0.6) is 11.5 Å². The summed E-state index contributed by atoms with van der Waals surface area (Å²) in [5, 5.41) is 1.73. The van der Waals surface area contributed by atoms with Gasteiger partial charge in [-0.25, -0.2) is 0 Å². The Morgan fingerprint density at radius 2 is 1.10 bits per heavy atom. The molecule has 384 valence electrons. The molecular formula is C74H59BN4O. The fourth-order valence-corrected chi connectivity index (χ4v) is 12.8. The van der Waals surface area contributed by atoms with Crippen LogP contribution in [-0.2, 0) is 10.8 Å². The zero-order valence-electron chi connectivity index (χ0n) is 55.2. The Kier molecular flexibility index (Phi) is 8.59. The molecular weight excluding hydrogens is 972 g/mol. The smallest absolute Gasteiger partial charge is 0.256 e. The first-order chi connectivity index (χ1) is 43.1. The third kappa shape index (κ3) is 7.46. The molecule has 3 heterocycles. The fourth-order valence-electron chi connectivity index (χ4n) is 12.8. The Bertz CT molecular complexity index is 4900. The zero-order chi connectivity index (χ0) is 62.7. The average molecular weight is 1040 g/mol. The zero-order valence-corrected chi connectivity index (χ0v) is 45.2. The minimum Gasteiger partial charge on any atom is -0.458 e. The number of hydrogen-bond donors (Lipinski definition) is 0. The van der Waals surface area contributed by atoms with E-state index in [9.17, 15) is 5.48 Å². The second-order valence-corrected chi connectivity index (χ2v) is 22.7. The highest BCUT2D eigenvalue weighted by Crippen LogP contribution is 2.53. The van der Waals surface area contributed by atoms with Gasteiger partial charge in [-0.1, -0.05) is 162 Å². The van der Waals surface area contributed by atoms with E-state index in [0.29, 0.717) is 5.52 Å². The van der Waals surface area contributed by atoms with Crippen LogP contribution >= 0.6 is 0 Å². The number of ether oxygens (including phenoxy) is 1. The Labute approximate surface area is 483 Å². The maximum Gasteiger partial charge on any atom is 0.256 e. The highest BCUT2D eigenvalue weighted by molar-refractivity contribution is 6.99. The second kappa shape index (κ2) is 18.0. The maximum absolute atomic E-state index is 9.19. The summed E-state index contributed by atoms with van der Waals surface area (Å²) < 4.78 is 98.0. The molecule has 11 aromatic carbocycles. The summed E-state index contributed by atoms with van der Waals surface area (Å²) in [6.45, 7) is 13.3. The molecule has 1 aliphatic carbocycles. The van der Waals surface area contributed by atoms with Gasteiger partial charge in [0.2, 0.25) is 0 Å². The van der Waals surface area contributed by atoms with E-state index in [1.807, 2.05) is 54.6 Å². The van der Waals surface area contributed by atoms with Crippen molar-refractivity contribution in [1.82, 2.24) is 4.57 Å². The molecule has 0 fully saturated rings. The highest BCUT2D eigenvalue weighted by Gasteiger charge is 2.45. The van der Waals surface area contributed by atoms with Crippen LogP contribution in [0.2, 0.25) is 0 Å². The molecule has 3 aliphatic rings. The number of rotatable bonds is 8. The summed E-state index contributed by atoms with van der Waals surface area (Å²) in [6, 6.07) is 59.5. The Hall–Kier alpha value is -9.52. The van der Waals surface area contributed by atoms with E-state index >= 15 is 0 Å². The van der Waals surface area contributed by atoms with Crippen molar-refractivity contribution in [3.8, 4) is 28.3 Å². The predicted octanol–water partition coefficient (Wildman–Crippen LogP) is 18.0. The van der Waals surface area contributed by atoms with Crippen LogP contribution in [0.4, 0.5) is 51.2 Å². The highest BCUT2D eigenvalue weighted by atomic mass is 16.5. The molecule has 5 nitrogen and oxygen atoms in total. The van der Waals surface area contributed by atoms with Gasteiger partial charge in [0.15, 0.2) is 0 Å². The SMILES string of the molecule is [2H]c1c([2H])c([2H])c(N(c2ccc3c4ccccc4n(-c4cccc(N5c6cc(C(C)(C)C)ccc6B6c7cc8c(cc7Oc7cc(C)cc5c76)-c5ccc(N(c6ccccc6)c6ccccc6)cc5C8(C)C)c4)c3c2)c2c([2H])c([2H])c([2H])c([2H])c2[2H])c([2H])c1[2H]. The summed E-state index contributed by atoms with van der Waals surface area (Å²) in [5.74, 6) is 1.62. The van der Waals surface area contributed by atoms with Gasteiger partial charge in [-0.2, -0.15) is 0 Å². The molecule has 15 rings (SSSR count). The number of nitrogens with zero attached hydrogens (tertiary/aromatic N) is 4. The van der Waals surface area contributed by atoms with Crippen LogP contribution in [0.1, 0.15) is 70.6 Å². The minimum absolute atomic E-state index is 0.195. The van der Waals surface area contributed by atoms with E-state index in [0.717, 1.165) is 95.1 Å². The Morgan fingerprint density at radius 1 is 0.475 bits per heavy atom. The molecule has 80 heavy (non-hydrogen) atoms. The molecule has 0 spiro atoms. The van der Waals surface area contributed by atoms with Gasteiger partial charge in [0, 0.05) is 73.1 Å². The first-order valence-electron chi connectivity index (χ1n) is 32.2. The number of fused-ring (bicyclic) bond motifs is 10. The lowest BCUT2D eigenvalue weighted by molar-refractivity contribution is 0.487.